The van der Waals surface area contributed by atoms with Gasteiger partial charge < -0.3 is 15.3 Å². The molecule has 0 unspecified atom stereocenters. The monoisotopic (exact) mass is 395 g/mol. The summed E-state index contributed by atoms with van der Waals surface area (Å²) in [5, 5.41) is 14.2. The summed E-state index contributed by atoms with van der Waals surface area (Å²) >= 11 is 0. The quantitative estimate of drug-likeness (QED) is 0.744. The minimum absolute atomic E-state index is 0.0318. The molecule has 2 fully saturated rings. The van der Waals surface area contributed by atoms with E-state index < -0.39 is 17.2 Å². The van der Waals surface area contributed by atoms with E-state index in [4.69, 9.17) is 0 Å². The predicted octanol–water partition coefficient (Wildman–Crippen LogP) is 2.28. The average molecular weight is 395 g/mol. The van der Waals surface area contributed by atoms with E-state index >= 15 is 0 Å². The van der Waals surface area contributed by atoms with Crippen molar-refractivity contribution >= 4 is 5.91 Å². The average Bonchev–Trinajstić information content (AvgIpc) is 3.18. The third-order valence-corrected chi connectivity index (χ3v) is 6.00. The standard InChI is InChI=1S/C21H31F2N3O2/c1-20(2,26-10-3-4-11-26)14-24-15-21(28)8-5-9-25(19(21)27)13-16-6-7-17(22)18(23)12-16/h6-7,12,24,28H,3-5,8-11,13-15H2,1-2H3/t21-/m1/s1. The summed E-state index contributed by atoms with van der Waals surface area (Å²) in [6, 6.07) is 3.64. The molecule has 156 valence electrons. The van der Waals surface area contributed by atoms with Gasteiger partial charge in [0.15, 0.2) is 17.2 Å². The Morgan fingerprint density at radius 2 is 1.86 bits per heavy atom. The molecule has 2 aliphatic rings. The van der Waals surface area contributed by atoms with Gasteiger partial charge in [-0.1, -0.05) is 6.07 Å². The summed E-state index contributed by atoms with van der Waals surface area (Å²) in [4.78, 5) is 16.8. The zero-order valence-electron chi connectivity index (χ0n) is 16.8. The molecule has 3 rings (SSSR count). The third-order valence-electron chi connectivity index (χ3n) is 6.00. The van der Waals surface area contributed by atoms with Gasteiger partial charge in [0, 0.05) is 31.7 Å². The highest BCUT2D eigenvalue weighted by atomic mass is 19.2. The van der Waals surface area contributed by atoms with Gasteiger partial charge in [0.2, 0.25) is 0 Å². The molecule has 1 amide bonds. The number of likely N-dealkylation sites (tertiary alicyclic amines) is 2. The van der Waals surface area contributed by atoms with Gasteiger partial charge in [0.25, 0.3) is 5.91 Å². The first-order valence-corrected chi connectivity index (χ1v) is 10.1. The molecule has 0 saturated carbocycles. The van der Waals surface area contributed by atoms with Gasteiger partial charge in [0.05, 0.1) is 0 Å². The Labute approximate surface area is 165 Å². The molecule has 7 heteroatoms. The number of nitrogens with zero attached hydrogens (tertiary/aromatic N) is 2. The summed E-state index contributed by atoms with van der Waals surface area (Å²) in [5.41, 5.74) is -0.979. The van der Waals surface area contributed by atoms with Crippen LogP contribution in [0.1, 0.15) is 45.1 Å². The fraction of sp³-hybridized carbons (Fsp3) is 0.667. The molecule has 28 heavy (non-hydrogen) atoms. The molecular weight excluding hydrogens is 364 g/mol. The van der Waals surface area contributed by atoms with E-state index in [1.807, 2.05) is 0 Å². The number of hydrogen-bond acceptors (Lipinski definition) is 4. The number of carbonyl (C=O) groups is 1. The number of piperidine rings is 1. The third kappa shape index (κ3) is 4.70. The van der Waals surface area contributed by atoms with Gasteiger partial charge in [-0.05, 0) is 70.3 Å². The van der Waals surface area contributed by atoms with Crippen LogP contribution in [0.25, 0.3) is 0 Å². The summed E-state index contributed by atoms with van der Waals surface area (Å²) in [7, 11) is 0. The molecular formula is C21H31F2N3O2. The van der Waals surface area contributed by atoms with E-state index in [-0.39, 0.29) is 24.5 Å². The van der Waals surface area contributed by atoms with E-state index in [1.165, 1.54) is 23.8 Å². The lowest BCUT2D eigenvalue weighted by molar-refractivity contribution is -0.157. The predicted molar refractivity (Wildman–Crippen MR) is 104 cm³/mol. The molecule has 5 nitrogen and oxygen atoms in total. The molecule has 2 saturated heterocycles. The number of nitrogens with one attached hydrogen (secondary N) is 1. The minimum Gasteiger partial charge on any atom is -0.379 e. The zero-order chi connectivity index (χ0) is 20.4. The van der Waals surface area contributed by atoms with Crippen LogP contribution in [0.3, 0.4) is 0 Å². The van der Waals surface area contributed by atoms with E-state index in [0.29, 0.717) is 31.5 Å². The Morgan fingerprint density at radius 1 is 1.14 bits per heavy atom. The van der Waals surface area contributed by atoms with Gasteiger partial charge in [-0.25, -0.2) is 8.78 Å². The Bertz CT molecular complexity index is 707. The number of rotatable bonds is 7. The van der Waals surface area contributed by atoms with E-state index in [0.717, 1.165) is 25.2 Å². The molecule has 2 heterocycles. The topological polar surface area (TPSA) is 55.8 Å². The number of amides is 1. The Hall–Kier alpha value is -1.57. The van der Waals surface area contributed by atoms with Crippen LogP contribution in [0.4, 0.5) is 8.78 Å². The molecule has 0 bridgehead atoms. The normalized spacial score (nSPS) is 24.2. The maximum atomic E-state index is 13.4. The van der Waals surface area contributed by atoms with E-state index in [9.17, 15) is 18.7 Å². The summed E-state index contributed by atoms with van der Waals surface area (Å²) in [5.74, 6) is -2.19. The lowest BCUT2D eigenvalue weighted by Gasteiger charge is -2.40. The molecule has 0 aliphatic carbocycles. The van der Waals surface area contributed by atoms with Crippen molar-refractivity contribution in [2.45, 2.75) is 57.2 Å². The number of benzene rings is 1. The zero-order valence-corrected chi connectivity index (χ0v) is 16.8. The van der Waals surface area contributed by atoms with Crippen LogP contribution in [0.2, 0.25) is 0 Å². The van der Waals surface area contributed by atoms with Gasteiger partial charge in [0.1, 0.15) is 0 Å². The first-order valence-electron chi connectivity index (χ1n) is 10.1. The van der Waals surface area contributed by atoms with Crippen LogP contribution in [0, 0.1) is 11.6 Å². The second-order valence-electron chi connectivity index (χ2n) is 8.72. The lowest BCUT2D eigenvalue weighted by atomic mass is 9.91. The molecule has 0 radical (unpaired) electrons. The van der Waals surface area contributed by atoms with Crippen LogP contribution in [0.5, 0.6) is 0 Å². The highest BCUT2D eigenvalue weighted by Crippen LogP contribution is 2.25. The molecule has 2 aliphatic heterocycles. The van der Waals surface area contributed by atoms with Gasteiger partial charge in [-0.2, -0.15) is 0 Å². The molecule has 1 aromatic rings. The van der Waals surface area contributed by atoms with Crippen molar-refractivity contribution in [2.24, 2.45) is 0 Å². The molecule has 1 aromatic carbocycles. The van der Waals surface area contributed by atoms with E-state index in [1.54, 1.807) is 0 Å². The molecule has 0 aromatic heterocycles. The van der Waals surface area contributed by atoms with Crippen molar-refractivity contribution in [1.82, 2.24) is 15.1 Å². The highest BCUT2D eigenvalue weighted by molar-refractivity contribution is 5.86. The Kier molecular flexibility index (Phi) is 6.37. The van der Waals surface area contributed by atoms with Crippen molar-refractivity contribution in [1.29, 1.82) is 0 Å². The second-order valence-corrected chi connectivity index (χ2v) is 8.72. The Balaban J connectivity index is 1.57. The van der Waals surface area contributed by atoms with Crippen molar-refractivity contribution in [3.05, 3.63) is 35.4 Å². The van der Waals surface area contributed by atoms with Gasteiger partial charge in [-0.15, -0.1) is 0 Å². The molecule has 1 atom stereocenters. The summed E-state index contributed by atoms with van der Waals surface area (Å²) in [6.45, 7) is 8.06. The highest BCUT2D eigenvalue weighted by Gasteiger charge is 2.42. The van der Waals surface area contributed by atoms with Gasteiger partial charge >= 0.3 is 0 Å². The lowest BCUT2D eigenvalue weighted by Crippen LogP contribution is -2.59. The molecule has 2 N–H and O–H groups in total. The van der Waals surface area contributed by atoms with Crippen LogP contribution in [0.15, 0.2) is 18.2 Å². The number of carbonyl (C=O) groups excluding carboxylic acids is 1. The fourth-order valence-electron chi connectivity index (χ4n) is 4.25. The summed E-state index contributed by atoms with van der Waals surface area (Å²) < 4.78 is 26.6. The van der Waals surface area contributed by atoms with Crippen LogP contribution < -0.4 is 5.32 Å². The van der Waals surface area contributed by atoms with Crippen molar-refractivity contribution in [2.75, 3.05) is 32.7 Å². The first kappa shape index (κ1) is 21.1. The summed E-state index contributed by atoms with van der Waals surface area (Å²) in [6.07, 6.45) is 3.50. The van der Waals surface area contributed by atoms with Gasteiger partial charge in [-0.3, -0.25) is 9.69 Å². The van der Waals surface area contributed by atoms with Crippen molar-refractivity contribution < 1.29 is 18.7 Å². The molecule has 0 spiro atoms. The van der Waals surface area contributed by atoms with Crippen LogP contribution in [-0.2, 0) is 11.3 Å². The Morgan fingerprint density at radius 3 is 2.54 bits per heavy atom. The van der Waals surface area contributed by atoms with Crippen molar-refractivity contribution in [3.8, 4) is 0 Å². The number of halogens is 2. The maximum absolute atomic E-state index is 13.4. The second kappa shape index (κ2) is 8.43. The van der Waals surface area contributed by atoms with Crippen LogP contribution >= 0.6 is 0 Å². The number of aliphatic hydroxyl groups is 1. The smallest absolute Gasteiger partial charge is 0.256 e. The SMILES string of the molecule is CC(C)(CNC[C@]1(O)CCCN(Cc2ccc(F)c(F)c2)C1=O)N1CCCC1. The largest absolute Gasteiger partial charge is 0.379 e. The number of hydrogen-bond donors (Lipinski definition) is 2. The maximum Gasteiger partial charge on any atom is 0.256 e. The first-order chi connectivity index (χ1) is 13.2. The fourth-order valence-corrected chi connectivity index (χ4v) is 4.25. The van der Waals surface area contributed by atoms with Crippen molar-refractivity contribution in [3.63, 3.8) is 0 Å². The minimum atomic E-state index is -1.46. The van der Waals surface area contributed by atoms with Crippen LogP contribution in [-0.4, -0.2) is 64.7 Å². The van der Waals surface area contributed by atoms with E-state index in [2.05, 4.69) is 24.1 Å².